The van der Waals surface area contributed by atoms with Gasteiger partial charge in [-0.05, 0) is 19.1 Å². The predicted octanol–water partition coefficient (Wildman–Crippen LogP) is 2.16. The van der Waals surface area contributed by atoms with Crippen LogP contribution in [0.15, 0.2) is 18.2 Å². The summed E-state index contributed by atoms with van der Waals surface area (Å²) in [6.45, 7) is 1.64. The lowest BCUT2D eigenvalue weighted by Gasteiger charge is -2.11. The molecule has 1 aliphatic rings. The summed E-state index contributed by atoms with van der Waals surface area (Å²) in [5.74, 6) is 0.368. The highest BCUT2D eigenvalue weighted by Crippen LogP contribution is 2.39. The number of benzene rings is 1. The van der Waals surface area contributed by atoms with Crippen LogP contribution in [0.25, 0.3) is 0 Å². The van der Waals surface area contributed by atoms with Gasteiger partial charge in [-0.15, -0.1) is 0 Å². The second kappa shape index (κ2) is 3.61. The minimum absolute atomic E-state index is 0.234. The van der Waals surface area contributed by atoms with Crippen molar-refractivity contribution in [3.05, 3.63) is 29.6 Å². The van der Waals surface area contributed by atoms with Crippen LogP contribution >= 0.6 is 0 Å². The highest BCUT2D eigenvalue weighted by atomic mass is 19.1. The zero-order chi connectivity index (χ0) is 10.1. The van der Waals surface area contributed by atoms with Crippen molar-refractivity contribution in [1.29, 1.82) is 0 Å². The molecular formula is C10H12BFO2. The van der Waals surface area contributed by atoms with Crippen LogP contribution in [-0.2, 0) is 0 Å². The lowest BCUT2D eigenvalue weighted by molar-refractivity contribution is 0.407. The molecule has 1 fully saturated rings. The van der Waals surface area contributed by atoms with E-state index in [1.807, 2.05) is 0 Å². The van der Waals surface area contributed by atoms with Crippen LogP contribution in [0.2, 0.25) is 5.82 Å². The Kier molecular flexibility index (Phi) is 2.46. The van der Waals surface area contributed by atoms with Crippen LogP contribution in [0.5, 0.6) is 5.75 Å². The number of hydrogen-bond acceptors (Lipinski definition) is 2. The Hall–Kier alpha value is -1.03. The zero-order valence-corrected chi connectivity index (χ0v) is 8.03. The van der Waals surface area contributed by atoms with Crippen molar-refractivity contribution in [3.8, 4) is 5.75 Å². The third-order valence-corrected chi connectivity index (χ3v) is 2.49. The first-order valence-electron chi connectivity index (χ1n) is 4.78. The normalized spacial score (nSPS) is 15.4. The topological polar surface area (TPSA) is 29.5 Å². The number of hydrogen-bond donors (Lipinski definition) is 1. The molecule has 0 bridgehead atoms. The molecule has 1 aromatic carbocycles. The molecule has 0 amide bonds. The van der Waals surface area contributed by atoms with Crippen molar-refractivity contribution in [1.82, 2.24) is 0 Å². The molecule has 0 atom stereocenters. The maximum atomic E-state index is 13.1. The maximum absolute atomic E-state index is 13.1. The minimum atomic E-state index is -0.782. The molecule has 4 heteroatoms. The van der Waals surface area contributed by atoms with Crippen molar-refractivity contribution in [2.45, 2.75) is 25.6 Å². The fourth-order valence-corrected chi connectivity index (χ4v) is 1.32. The molecule has 0 saturated heterocycles. The van der Waals surface area contributed by atoms with Gasteiger partial charge in [-0.3, -0.25) is 0 Å². The Morgan fingerprint density at radius 3 is 2.86 bits per heavy atom. The lowest BCUT2D eigenvalue weighted by Crippen LogP contribution is -2.22. The van der Waals surface area contributed by atoms with E-state index in [1.165, 1.54) is 6.07 Å². The fourth-order valence-electron chi connectivity index (χ4n) is 1.32. The van der Waals surface area contributed by atoms with E-state index in [2.05, 4.69) is 0 Å². The first-order valence-corrected chi connectivity index (χ1v) is 4.78. The largest absolute Gasteiger partial charge is 0.536 e. The molecule has 74 valence electrons. The van der Waals surface area contributed by atoms with E-state index in [0.717, 1.165) is 12.8 Å². The van der Waals surface area contributed by atoms with Gasteiger partial charge in [0.05, 0.1) is 0 Å². The third kappa shape index (κ3) is 1.90. The predicted molar refractivity (Wildman–Crippen MR) is 52.7 cm³/mol. The average Bonchev–Trinajstić information content (AvgIpc) is 2.95. The summed E-state index contributed by atoms with van der Waals surface area (Å²) >= 11 is 0. The molecular weight excluding hydrogens is 182 g/mol. The Morgan fingerprint density at radius 2 is 2.21 bits per heavy atom. The van der Waals surface area contributed by atoms with Crippen molar-refractivity contribution >= 4 is 7.12 Å². The molecule has 14 heavy (non-hydrogen) atoms. The van der Waals surface area contributed by atoms with Gasteiger partial charge in [0.1, 0.15) is 11.6 Å². The fraction of sp³-hybridized carbons (Fsp3) is 0.400. The van der Waals surface area contributed by atoms with Gasteiger partial charge in [-0.2, -0.15) is 0 Å². The lowest BCUT2D eigenvalue weighted by atomic mass is 9.82. The Bertz CT molecular complexity index is 339. The molecule has 0 unspecified atom stereocenters. The number of rotatable bonds is 3. The first-order chi connectivity index (χ1) is 6.68. The van der Waals surface area contributed by atoms with Crippen LogP contribution in [0.4, 0.5) is 4.39 Å². The molecule has 0 aliphatic heterocycles. The monoisotopic (exact) mass is 194 g/mol. The molecule has 0 spiro atoms. The highest BCUT2D eigenvalue weighted by molar-refractivity contribution is 6.46. The Balaban J connectivity index is 2.11. The first kappa shape index (κ1) is 9.53. The highest BCUT2D eigenvalue weighted by Gasteiger charge is 2.38. The van der Waals surface area contributed by atoms with E-state index >= 15 is 0 Å². The van der Waals surface area contributed by atoms with Crippen LogP contribution in [0.3, 0.4) is 0 Å². The molecule has 0 radical (unpaired) electrons. The molecule has 0 heterocycles. The van der Waals surface area contributed by atoms with Gasteiger partial charge in [-0.1, -0.05) is 18.9 Å². The molecule has 2 rings (SSSR count). The number of halogens is 1. The SMILES string of the molecule is Cc1c(F)cccc1OB(O)C1CC1. The summed E-state index contributed by atoms with van der Waals surface area (Å²) in [6, 6.07) is 4.63. The summed E-state index contributed by atoms with van der Waals surface area (Å²) in [5, 5.41) is 9.51. The minimum Gasteiger partial charge on any atom is -0.536 e. The van der Waals surface area contributed by atoms with E-state index < -0.39 is 7.12 Å². The molecule has 1 N–H and O–H groups in total. The summed E-state index contributed by atoms with van der Waals surface area (Å²) in [5.41, 5.74) is 0.451. The van der Waals surface area contributed by atoms with Gasteiger partial charge in [0.2, 0.25) is 0 Å². The molecule has 0 aromatic heterocycles. The van der Waals surface area contributed by atoms with Crippen molar-refractivity contribution in [2.24, 2.45) is 0 Å². The second-order valence-corrected chi connectivity index (χ2v) is 3.71. The average molecular weight is 194 g/mol. The molecule has 1 aliphatic carbocycles. The standard InChI is InChI=1S/C10H12BFO2/c1-7-9(12)3-2-4-10(7)14-11(13)8-5-6-8/h2-4,8,13H,5-6H2,1H3. The van der Waals surface area contributed by atoms with Crippen LogP contribution in [0.1, 0.15) is 18.4 Å². The third-order valence-electron chi connectivity index (χ3n) is 2.49. The van der Waals surface area contributed by atoms with Crippen LogP contribution in [-0.4, -0.2) is 12.1 Å². The zero-order valence-electron chi connectivity index (χ0n) is 8.03. The Morgan fingerprint density at radius 1 is 1.50 bits per heavy atom. The van der Waals surface area contributed by atoms with E-state index in [9.17, 15) is 9.41 Å². The summed E-state index contributed by atoms with van der Waals surface area (Å²) in [6.07, 6.45) is 1.99. The van der Waals surface area contributed by atoms with Gasteiger partial charge in [0.25, 0.3) is 0 Å². The summed E-state index contributed by atoms with van der Waals surface area (Å²) < 4.78 is 18.4. The van der Waals surface area contributed by atoms with Crippen LogP contribution in [0, 0.1) is 12.7 Å². The molecule has 1 aromatic rings. The smallest absolute Gasteiger partial charge is 0.525 e. The summed E-state index contributed by atoms with van der Waals surface area (Å²) in [7, 11) is -0.782. The van der Waals surface area contributed by atoms with Crippen LogP contribution < -0.4 is 4.65 Å². The van der Waals surface area contributed by atoms with E-state index in [4.69, 9.17) is 4.65 Å². The van der Waals surface area contributed by atoms with Crippen molar-refractivity contribution < 1.29 is 14.1 Å². The summed E-state index contributed by atoms with van der Waals surface area (Å²) in [4.78, 5) is 0. The van der Waals surface area contributed by atoms with Gasteiger partial charge in [-0.25, -0.2) is 4.39 Å². The van der Waals surface area contributed by atoms with E-state index in [-0.39, 0.29) is 11.6 Å². The molecule has 2 nitrogen and oxygen atoms in total. The van der Waals surface area contributed by atoms with Gasteiger partial charge >= 0.3 is 7.12 Å². The van der Waals surface area contributed by atoms with Crippen molar-refractivity contribution in [3.63, 3.8) is 0 Å². The van der Waals surface area contributed by atoms with Gasteiger partial charge in [0.15, 0.2) is 0 Å². The quantitative estimate of drug-likeness (QED) is 0.747. The van der Waals surface area contributed by atoms with E-state index in [0.29, 0.717) is 11.3 Å². The van der Waals surface area contributed by atoms with Gasteiger partial charge < -0.3 is 9.68 Å². The molecule has 1 saturated carbocycles. The van der Waals surface area contributed by atoms with Crippen molar-refractivity contribution in [2.75, 3.05) is 0 Å². The van der Waals surface area contributed by atoms with Gasteiger partial charge in [0, 0.05) is 11.4 Å². The van der Waals surface area contributed by atoms with E-state index in [1.54, 1.807) is 19.1 Å². The maximum Gasteiger partial charge on any atom is 0.525 e. The Labute approximate surface area is 82.9 Å². The second-order valence-electron chi connectivity index (χ2n) is 3.71.